The summed E-state index contributed by atoms with van der Waals surface area (Å²) in [6.45, 7) is 3.71. The van der Waals surface area contributed by atoms with Gasteiger partial charge in [-0.3, -0.25) is 0 Å². The third-order valence-electron chi connectivity index (χ3n) is 2.77. The van der Waals surface area contributed by atoms with Gasteiger partial charge in [-0.15, -0.1) is 11.8 Å². The van der Waals surface area contributed by atoms with E-state index in [4.69, 9.17) is 22.1 Å². The molecule has 0 heterocycles. The smallest absolute Gasteiger partial charge is 0.167 e. The molecule has 5 heteroatoms. The lowest BCUT2D eigenvalue weighted by Crippen LogP contribution is -2.07. The van der Waals surface area contributed by atoms with Crippen molar-refractivity contribution in [2.75, 3.05) is 5.73 Å². The highest BCUT2D eigenvalue weighted by Gasteiger charge is 2.11. The fourth-order valence-electron chi connectivity index (χ4n) is 1.79. The quantitative estimate of drug-likeness (QED) is 0.610. The van der Waals surface area contributed by atoms with Gasteiger partial charge in [-0.05, 0) is 31.5 Å². The van der Waals surface area contributed by atoms with Gasteiger partial charge in [0.2, 0.25) is 0 Å². The topological polar surface area (TPSA) is 35.2 Å². The van der Waals surface area contributed by atoms with Crippen molar-refractivity contribution in [1.29, 1.82) is 0 Å². The van der Waals surface area contributed by atoms with E-state index in [1.54, 1.807) is 6.07 Å². The fraction of sp³-hybridized carbons (Fsp3) is 0.250. The summed E-state index contributed by atoms with van der Waals surface area (Å²) in [6.07, 6.45) is -0.0930. The van der Waals surface area contributed by atoms with Crippen LogP contribution in [0, 0.1) is 5.82 Å². The number of thioether (sulfide) groups is 1. The normalized spacial score (nSPS) is 10.9. The molecule has 112 valence electrons. The van der Waals surface area contributed by atoms with E-state index in [1.165, 1.54) is 17.8 Å². The van der Waals surface area contributed by atoms with E-state index in [-0.39, 0.29) is 11.9 Å². The maximum Gasteiger partial charge on any atom is 0.167 e. The molecule has 2 rings (SSSR count). The van der Waals surface area contributed by atoms with Gasteiger partial charge in [0.15, 0.2) is 11.6 Å². The van der Waals surface area contributed by atoms with Crippen molar-refractivity contribution in [2.24, 2.45) is 0 Å². The number of hydrogen-bond acceptors (Lipinski definition) is 3. The van der Waals surface area contributed by atoms with E-state index < -0.39 is 5.82 Å². The maximum absolute atomic E-state index is 13.8. The van der Waals surface area contributed by atoms with E-state index in [2.05, 4.69) is 0 Å². The molecule has 0 saturated carbocycles. The average molecular weight is 326 g/mol. The van der Waals surface area contributed by atoms with Gasteiger partial charge in [-0.25, -0.2) is 4.39 Å². The monoisotopic (exact) mass is 325 g/mol. The molecule has 0 atom stereocenters. The lowest BCUT2D eigenvalue weighted by Gasteiger charge is -2.14. The van der Waals surface area contributed by atoms with Crippen LogP contribution in [0.25, 0.3) is 0 Å². The van der Waals surface area contributed by atoms with Gasteiger partial charge in [0, 0.05) is 27.4 Å². The molecule has 0 aromatic heterocycles. The molecule has 21 heavy (non-hydrogen) atoms. The Bertz CT molecular complexity index is 634. The molecule has 2 nitrogen and oxygen atoms in total. The molecule has 0 aliphatic heterocycles. The number of nitrogens with two attached hydrogens (primary N) is 1. The van der Waals surface area contributed by atoms with Crippen LogP contribution >= 0.6 is 23.4 Å². The van der Waals surface area contributed by atoms with Gasteiger partial charge in [0.05, 0.1) is 6.10 Å². The predicted molar refractivity (Wildman–Crippen MR) is 87.6 cm³/mol. The van der Waals surface area contributed by atoms with E-state index in [0.717, 1.165) is 10.5 Å². The zero-order valence-corrected chi connectivity index (χ0v) is 13.5. The second kappa shape index (κ2) is 7.05. The minimum Gasteiger partial charge on any atom is -0.488 e. The van der Waals surface area contributed by atoms with Gasteiger partial charge in [0.25, 0.3) is 0 Å². The highest BCUT2D eigenvalue weighted by molar-refractivity contribution is 7.98. The van der Waals surface area contributed by atoms with Crippen LogP contribution in [0.2, 0.25) is 5.02 Å². The average Bonchev–Trinajstić information content (AvgIpc) is 2.41. The van der Waals surface area contributed by atoms with Crippen LogP contribution in [0.15, 0.2) is 41.3 Å². The summed E-state index contributed by atoms with van der Waals surface area (Å²) in [5.74, 6) is 0.445. The number of anilines is 1. The van der Waals surface area contributed by atoms with Crippen LogP contribution in [-0.4, -0.2) is 6.10 Å². The minimum atomic E-state index is -0.441. The van der Waals surface area contributed by atoms with Gasteiger partial charge in [-0.1, -0.05) is 29.8 Å². The molecule has 0 amide bonds. The molecule has 0 fully saturated rings. The van der Waals surface area contributed by atoms with E-state index in [0.29, 0.717) is 16.5 Å². The van der Waals surface area contributed by atoms with Gasteiger partial charge in [0.1, 0.15) is 0 Å². The Morgan fingerprint density at radius 3 is 2.67 bits per heavy atom. The summed E-state index contributed by atoms with van der Waals surface area (Å²) in [4.78, 5) is 0.784. The van der Waals surface area contributed by atoms with Crippen molar-refractivity contribution in [2.45, 2.75) is 30.6 Å². The molecule has 0 spiro atoms. The summed E-state index contributed by atoms with van der Waals surface area (Å²) in [6, 6.07) is 10.6. The van der Waals surface area contributed by atoms with Crippen LogP contribution < -0.4 is 10.5 Å². The van der Waals surface area contributed by atoms with Crippen LogP contribution in [0.5, 0.6) is 5.75 Å². The van der Waals surface area contributed by atoms with E-state index in [9.17, 15) is 4.39 Å². The molecule has 2 aromatic carbocycles. The second-order valence-electron chi connectivity index (χ2n) is 4.87. The SMILES string of the molecule is CC(C)Oc1cc(SCc2ccccc2Cl)c(N)cc1F. The van der Waals surface area contributed by atoms with Gasteiger partial charge in [-0.2, -0.15) is 0 Å². The third kappa shape index (κ3) is 4.29. The van der Waals surface area contributed by atoms with E-state index in [1.807, 2.05) is 38.1 Å². The van der Waals surface area contributed by atoms with E-state index >= 15 is 0 Å². The van der Waals surface area contributed by atoms with Crippen molar-refractivity contribution >= 4 is 29.1 Å². The van der Waals surface area contributed by atoms with Crippen molar-refractivity contribution in [3.8, 4) is 5.75 Å². The zero-order chi connectivity index (χ0) is 15.4. The molecular formula is C16H17ClFNOS. The first-order valence-electron chi connectivity index (χ1n) is 6.59. The first kappa shape index (κ1) is 16.0. The molecule has 0 unspecified atom stereocenters. The molecule has 0 bridgehead atoms. The van der Waals surface area contributed by atoms with Crippen molar-refractivity contribution < 1.29 is 9.13 Å². The number of ether oxygens (including phenoxy) is 1. The minimum absolute atomic E-state index is 0.0930. The zero-order valence-electron chi connectivity index (χ0n) is 11.9. The van der Waals surface area contributed by atoms with Crippen molar-refractivity contribution in [3.05, 3.63) is 52.8 Å². The summed E-state index contributed by atoms with van der Waals surface area (Å²) in [7, 11) is 0. The Labute approximate surface area is 133 Å². The lowest BCUT2D eigenvalue weighted by atomic mass is 10.2. The van der Waals surface area contributed by atoms with Crippen molar-refractivity contribution in [1.82, 2.24) is 0 Å². The molecule has 0 aliphatic carbocycles. The Morgan fingerprint density at radius 2 is 2.00 bits per heavy atom. The number of benzene rings is 2. The van der Waals surface area contributed by atoms with Crippen LogP contribution in [0.4, 0.5) is 10.1 Å². The summed E-state index contributed by atoms with van der Waals surface area (Å²) in [5.41, 5.74) is 7.29. The largest absolute Gasteiger partial charge is 0.488 e. The lowest BCUT2D eigenvalue weighted by molar-refractivity contribution is 0.230. The molecular weight excluding hydrogens is 309 g/mol. The highest BCUT2D eigenvalue weighted by atomic mass is 35.5. The number of rotatable bonds is 5. The Kier molecular flexibility index (Phi) is 5.37. The molecule has 0 saturated heterocycles. The fourth-order valence-corrected chi connectivity index (χ4v) is 3.05. The molecule has 0 radical (unpaired) electrons. The Hall–Kier alpha value is -1.39. The second-order valence-corrected chi connectivity index (χ2v) is 6.29. The first-order valence-corrected chi connectivity index (χ1v) is 7.95. The Balaban J connectivity index is 2.18. The van der Waals surface area contributed by atoms with Crippen molar-refractivity contribution in [3.63, 3.8) is 0 Å². The molecule has 0 aliphatic rings. The predicted octanol–water partition coefficient (Wildman–Crippen LogP) is 5.14. The van der Waals surface area contributed by atoms with Crippen LogP contribution in [-0.2, 0) is 5.75 Å². The number of hydrogen-bond donors (Lipinski definition) is 1. The molecule has 2 aromatic rings. The van der Waals surface area contributed by atoms with Gasteiger partial charge < -0.3 is 10.5 Å². The third-order valence-corrected chi connectivity index (χ3v) is 4.26. The van der Waals surface area contributed by atoms with Gasteiger partial charge >= 0.3 is 0 Å². The maximum atomic E-state index is 13.8. The standard InChI is InChI=1S/C16H17ClFNOS/c1-10(2)20-15-8-16(14(19)7-13(15)18)21-9-11-5-3-4-6-12(11)17/h3-8,10H,9,19H2,1-2H3. The summed E-state index contributed by atoms with van der Waals surface area (Å²) >= 11 is 7.63. The number of halogens is 2. The Morgan fingerprint density at radius 1 is 1.29 bits per heavy atom. The van der Waals surface area contributed by atoms with Crippen LogP contribution in [0.1, 0.15) is 19.4 Å². The number of nitrogen functional groups attached to an aromatic ring is 1. The highest BCUT2D eigenvalue weighted by Crippen LogP contribution is 2.35. The summed E-state index contributed by atoms with van der Waals surface area (Å²) < 4.78 is 19.2. The first-order chi connectivity index (χ1) is 9.97. The van der Waals surface area contributed by atoms with Crippen LogP contribution in [0.3, 0.4) is 0 Å². The molecule has 2 N–H and O–H groups in total. The summed E-state index contributed by atoms with van der Waals surface area (Å²) in [5, 5.41) is 0.712.